The zero-order valence-corrected chi connectivity index (χ0v) is 14.6. The molecule has 1 amide bonds. The zero-order chi connectivity index (χ0) is 18.5. The van der Waals surface area contributed by atoms with Gasteiger partial charge >= 0.3 is 0 Å². The van der Waals surface area contributed by atoms with E-state index in [0.29, 0.717) is 17.9 Å². The predicted molar refractivity (Wildman–Crippen MR) is 98.3 cm³/mol. The number of anilines is 1. The second-order valence-electron chi connectivity index (χ2n) is 5.94. The lowest BCUT2D eigenvalue weighted by Crippen LogP contribution is -2.13. The molecule has 0 spiro atoms. The first-order valence-electron chi connectivity index (χ1n) is 8.12. The number of carbonyl (C=O) groups excluding carboxylic acids is 1. The molecule has 26 heavy (non-hydrogen) atoms. The van der Waals surface area contributed by atoms with Crippen molar-refractivity contribution in [1.82, 2.24) is 9.97 Å². The van der Waals surface area contributed by atoms with Crippen LogP contribution in [-0.4, -0.2) is 21.0 Å². The average Bonchev–Trinajstić information content (AvgIpc) is 2.63. The van der Waals surface area contributed by atoms with E-state index >= 15 is 0 Å². The van der Waals surface area contributed by atoms with E-state index in [-0.39, 0.29) is 11.7 Å². The summed E-state index contributed by atoms with van der Waals surface area (Å²) in [6.45, 7) is 4.20. The highest BCUT2D eigenvalue weighted by Crippen LogP contribution is 2.27. The molecule has 6 nitrogen and oxygen atoms in total. The largest absolute Gasteiger partial charge is 0.504 e. The number of aryl methyl sites for hydroxylation is 2. The van der Waals surface area contributed by atoms with Gasteiger partial charge in [-0.05, 0) is 49.2 Å². The number of ether oxygens (including phenoxy) is 1. The van der Waals surface area contributed by atoms with Crippen molar-refractivity contribution < 1.29 is 14.6 Å². The molecule has 0 fully saturated rings. The fourth-order valence-electron chi connectivity index (χ4n) is 2.63. The Morgan fingerprint density at radius 1 is 1.12 bits per heavy atom. The van der Waals surface area contributed by atoms with Crippen molar-refractivity contribution in [3.8, 4) is 11.5 Å². The van der Waals surface area contributed by atoms with Crippen LogP contribution in [0, 0.1) is 13.8 Å². The zero-order valence-electron chi connectivity index (χ0n) is 14.6. The molecule has 1 aromatic carbocycles. The molecule has 0 unspecified atom stereocenters. The van der Waals surface area contributed by atoms with Gasteiger partial charge in [-0.25, -0.2) is 0 Å². The number of nitrogens with zero attached hydrogens (tertiary/aromatic N) is 2. The molecular weight excluding hydrogens is 330 g/mol. The molecule has 6 heteroatoms. The Morgan fingerprint density at radius 2 is 1.85 bits per heavy atom. The number of amides is 1. The molecule has 2 heterocycles. The Bertz CT molecular complexity index is 904. The van der Waals surface area contributed by atoms with E-state index in [0.717, 1.165) is 22.4 Å². The lowest BCUT2D eigenvalue weighted by Gasteiger charge is -2.14. The third kappa shape index (κ3) is 3.97. The monoisotopic (exact) mass is 349 g/mol. The fraction of sp³-hybridized carbons (Fsp3) is 0.150. The van der Waals surface area contributed by atoms with Gasteiger partial charge in [-0.15, -0.1) is 0 Å². The summed E-state index contributed by atoms with van der Waals surface area (Å²) in [5, 5.41) is 12.4. The number of hydrogen-bond donors (Lipinski definition) is 2. The van der Waals surface area contributed by atoms with E-state index < -0.39 is 0 Å². The predicted octanol–water partition coefficient (Wildman–Crippen LogP) is 3.63. The fourth-order valence-corrected chi connectivity index (χ4v) is 2.63. The number of carbonyl (C=O) groups is 1. The van der Waals surface area contributed by atoms with Crippen LogP contribution in [-0.2, 0) is 6.61 Å². The molecule has 3 rings (SSSR count). The van der Waals surface area contributed by atoms with Gasteiger partial charge in [0.1, 0.15) is 12.4 Å². The molecule has 2 N–H and O–H groups in total. The number of rotatable bonds is 5. The third-order valence-electron chi connectivity index (χ3n) is 3.88. The average molecular weight is 349 g/mol. The minimum absolute atomic E-state index is 0.0780. The third-order valence-corrected chi connectivity index (χ3v) is 3.88. The number of pyridine rings is 2. The van der Waals surface area contributed by atoms with Gasteiger partial charge in [0.25, 0.3) is 5.91 Å². The van der Waals surface area contributed by atoms with E-state index in [2.05, 4.69) is 15.3 Å². The normalized spacial score (nSPS) is 10.4. The molecule has 0 saturated heterocycles. The molecule has 0 bridgehead atoms. The summed E-state index contributed by atoms with van der Waals surface area (Å²) in [7, 11) is 0. The molecular formula is C20H19N3O3. The van der Waals surface area contributed by atoms with Gasteiger partial charge in [-0.2, -0.15) is 0 Å². The Labute approximate surface area is 151 Å². The van der Waals surface area contributed by atoms with Gasteiger partial charge in [0, 0.05) is 29.7 Å². The maximum absolute atomic E-state index is 12.5. The first-order chi connectivity index (χ1) is 12.5. The van der Waals surface area contributed by atoms with Gasteiger partial charge in [-0.1, -0.05) is 6.07 Å². The van der Waals surface area contributed by atoms with Crippen LogP contribution in [0.25, 0.3) is 0 Å². The first kappa shape index (κ1) is 17.4. The summed E-state index contributed by atoms with van der Waals surface area (Å²) in [4.78, 5) is 20.3. The van der Waals surface area contributed by atoms with Crippen LogP contribution in [0.5, 0.6) is 11.5 Å². The standard InChI is InChI=1S/C20H19N3O3/c1-13-8-16(20(25)23-17-5-7-22-11-18(17)24)9-14(2)19(13)26-12-15-4-3-6-21-10-15/h3-11,24H,12H2,1-2H3,(H,22,23,25). The van der Waals surface area contributed by atoms with Crippen molar-refractivity contribution >= 4 is 11.6 Å². The molecule has 2 aromatic heterocycles. The number of nitrogens with one attached hydrogen (secondary N) is 1. The van der Waals surface area contributed by atoms with E-state index in [1.165, 1.54) is 12.4 Å². The number of aromatic hydroxyl groups is 1. The summed E-state index contributed by atoms with van der Waals surface area (Å²) in [5.74, 6) is 0.361. The summed E-state index contributed by atoms with van der Waals surface area (Å²) >= 11 is 0. The van der Waals surface area contributed by atoms with Gasteiger partial charge in [-0.3, -0.25) is 14.8 Å². The van der Waals surface area contributed by atoms with Crippen LogP contribution in [0.4, 0.5) is 5.69 Å². The molecule has 0 aliphatic rings. The maximum Gasteiger partial charge on any atom is 0.255 e. The summed E-state index contributed by atoms with van der Waals surface area (Å²) in [6.07, 6.45) is 6.25. The minimum Gasteiger partial charge on any atom is -0.504 e. The highest BCUT2D eigenvalue weighted by Gasteiger charge is 2.13. The minimum atomic E-state index is -0.309. The Hall–Kier alpha value is -3.41. The molecule has 0 aliphatic carbocycles. The molecule has 0 radical (unpaired) electrons. The Kier molecular flexibility index (Phi) is 5.12. The summed E-state index contributed by atoms with van der Waals surface area (Å²) in [5.41, 5.74) is 3.50. The van der Waals surface area contributed by atoms with E-state index in [9.17, 15) is 9.90 Å². The van der Waals surface area contributed by atoms with Gasteiger partial charge < -0.3 is 15.2 Å². The van der Waals surface area contributed by atoms with Crippen LogP contribution in [0.3, 0.4) is 0 Å². The van der Waals surface area contributed by atoms with Crippen molar-refractivity contribution in [3.63, 3.8) is 0 Å². The lowest BCUT2D eigenvalue weighted by atomic mass is 10.0. The molecule has 0 atom stereocenters. The maximum atomic E-state index is 12.5. The lowest BCUT2D eigenvalue weighted by molar-refractivity contribution is 0.102. The quantitative estimate of drug-likeness (QED) is 0.735. The SMILES string of the molecule is Cc1cc(C(=O)Nc2ccncc2O)cc(C)c1OCc1cccnc1. The van der Waals surface area contributed by atoms with Crippen molar-refractivity contribution in [2.75, 3.05) is 5.32 Å². The van der Waals surface area contributed by atoms with Crippen LogP contribution >= 0.6 is 0 Å². The topological polar surface area (TPSA) is 84.3 Å². The highest BCUT2D eigenvalue weighted by atomic mass is 16.5. The van der Waals surface area contributed by atoms with Crippen LogP contribution in [0.2, 0.25) is 0 Å². The Balaban J connectivity index is 1.76. The van der Waals surface area contributed by atoms with Crippen molar-refractivity contribution in [2.24, 2.45) is 0 Å². The van der Waals surface area contributed by atoms with Gasteiger partial charge in [0.2, 0.25) is 0 Å². The number of benzene rings is 1. The van der Waals surface area contributed by atoms with E-state index in [1.54, 1.807) is 30.6 Å². The smallest absolute Gasteiger partial charge is 0.255 e. The van der Waals surface area contributed by atoms with Crippen molar-refractivity contribution in [2.45, 2.75) is 20.5 Å². The van der Waals surface area contributed by atoms with E-state index in [4.69, 9.17) is 4.74 Å². The summed E-state index contributed by atoms with van der Waals surface area (Å²) < 4.78 is 5.91. The van der Waals surface area contributed by atoms with E-state index in [1.807, 2.05) is 26.0 Å². The van der Waals surface area contributed by atoms with Gasteiger partial charge in [0.05, 0.1) is 11.9 Å². The number of hydrogen-bond acceptors (Lipinski definition) is 5. The van der Waals surface area contributed by atoms with Gasteiger partial charge in [0.15, 0.2) is 5.75 Å². The second-order valence-corrected chi connectivity index (χ2v) is 5.94. The molecule has 3 aromatic rings. The van der Waals surface area contributed by atoms with Crippen LogP contribution < -0.4 is 10.1 Å². The van der Waals surface area contributed by atoms with Crippen LogP contribution in [0.15, 0.2) is 55.1 Å². The van der Waals surface area contributed by atoms with Crippen molar-refractivity contribution in [3.05, 3.63) is 77.4 Å². The molecule has 0 aliphatic heterocycles. The molecule has 132 valence electrons. The number of aromatic nitrogens is 2. The summed E-state index contributed by atoms with van der Waals surface area (Å²) in [6, 6.07) is 8.87. The van der Waals surface area contributed by atoms with Crippen molar-refractivity contribution in [1.29, 1.82) is 0 Å². The molecule has 0 saturated carbocycles. The van der Waals surface area contributed by atoms with Crippen LogP contribution in [0.1, 0.15) is 27.0 Å². The Morgan fingerprint density at radius 3 is 2.50 bits per heavy atom. The highest BCUT2D eigenvalue weighted by molar-refractivity contribution is 6.05. The second kappa shape index (κ2) is 7.65. The first-order valence-corrected chi connectivity index (χ1v) is 8.12.